The SMILES string of the molecule is CC(NCc1ccn[nH]1)c1nnc2ccccn12. The minimum absolute atomic E-state index is 0.116. The maximum Gasteiger partial charge on any atom is 0.160 e. The molecule has 0 spiro atoms. The van der Waals surface area contributed by atoms with Crippen LogP contribution >= 0.6 is 0 Å². The molecule has 3 heterocycles. The summed E-state index contributed by atoms with van der Waals surface area (Å²) in [4.78, 5) is 0. The lowest BCUT2D eigenvalue weighted by atomic mass is 10.3. The summed E-state index contributed by atoms with van der Waals surface area (Å²) in [5.74, 6) is 0.908. The van der Waals surface area contributed by atoms with Crippen LogP contribution in [0.3, 0.4) is 0 Å². The van der Waals surface area contributed by atoms with Crippen molar-refractivity contribution in [1.82, 2.24) is 30.1 Å². The van der Waals surface area contributed by atoms with E-state index in [0.29, 0.717) is 0 Å². The van der Waals surface area contributed by atoms with Crippen LogP contribution in [0.5, 0.6) is 0 Å². The quantitative estimate of drug-likeness (QED) is 0.723. The molecule has 0 aliphatic heterocycles. The number of H-pyrrole nitrogens is 1. The molecule has 3 aromatic heterocycles. The largest absolute Gasteiger partial charge is 0.302 e. The molecule has 3 rings (SSSR count). The molecule has 0 fully saturated rings. The Morgan fingerprint density at radius 1 is 1.33 bits per heavy atom. The smallest absolute Gasteiger partial charge is 0.160 e. The Hall–Kier alpha value is -2.21. The molecule has 18 heavy (non-hydrogen) atoms. The van der Waals surface area contributed by atoms with E-state index in [9.17, 15) is 0 Å². The highest BCUT2D eigenvalue weighted by molar-refractivity contribution is 5.37. The lowest BCUT2D eigenvalue weighted by molar-refractivity contribution is 0.535. The van der Waals surface area contributed by atoms with Gasteiger partial charge in [-0.2, -0.15) is 5.10 Å². The van der Waals surface area contributed by atoms with E-state index in [2.05, 4.69) is 32.6 Å². The molecule has 92 valence electrons. The first-order valence-electron chi connectivity index (χ1n) is 5.86. The van der Waals surface area contributed by atoms with Gasteiger partial charge in [0.1, 0.15) is 0 Å². The molecule has 6 heteroatoms. The number of rotatable bonds is 4. The van der Waals surface area contributed by atoms with Crippen LogP contribution in [0.25, 0.3) is 5.65 Å². The topological polar surface area (TPSA) is 70.9 Å². The fourth-order valence-corrected chi connectivity index (χ4v) is 1.89. The maximum atomic E-state index is 4.22. The van der Waals surface area contributed by atoms with E-state index in [-0.39, 0.29) is 6.04 Å². The Morgan fingerprint density at radius 2 is 2.28 bits per heavy atom. The second-order valence-corrected chi connectivity index (χ2v) is 4.17. The summed E-state index contributed by atoms with van der Waals surface area (Å²) in [6, 6.07) is 7.93. The predicted octanol–water partition coefficient (Wildman–Crippen LogP) is 1.30. The van der Waals surface area contributed by atoms with Gasteiger partial charge in [-0.1, -0.05) is 6.07 Å². The summed E-state index contributed by atoms with van der Waals surface area (Å²) in [5.41, 5.74) is 1.92. The predicted molar refractivity (Wildman–Crippen MR) is 66.8 cm³/mol. The molecule has 0 aromatic carbocycles. The number of aromatic nitrogens is 5. The second-order valence-electron chi connectivity index (χ2n) is 4.17. The van der Waals surface area contributed by atoms with Crippen molar-refractivity contribution in [3.8, 4) is 0 Å². The second kappa shape index (κ2) is 4.58. The number of hydrogen-bond acceptors (Lipinski definition) is 4. The third-order valence-corrected chi connectivity index (χ3v) is 2.88. The molecule has 0 bridgehead atoms. The number of fused-ring (bicyclic) bond motifs is 1. The van der Waals surface area contributed by atoms with Gasteiger partial charge in [-0.25, -0.2) is 0 Å². The van der Waals surface area contributed by atoms with E-state index in [0.717, 1.165) is 23.7 Å². The van der Waals surface area contributed by atoms with Crippen molar-refractivity contribution in [2.75, 3.05) is 0 Å². The first-order chi connectivity index (χ1) is 8.84. The van der Waals surface area contributed by atoms with E-state index >= 15 is 0 Å². The summed E-state index contributed by atoms with van der Waals surface area (Å²) in [6.45, 7) is 2.79. The van der Waals surface area contributed by atoms with Crippen molar-refractivity contribution in [3.63, 3.8) is 0 Å². The van der Waals surface area contributed by atoms with E-state index < -0.39 is 0 Å². The van der Waals surface area contributed by atoms with Crippen LogP contribution in [0, 0.1) is 0 Å². The minimum Gasteiger partial charge on any atom is -0.302 e. The molecular formula is C12H14N6. The van der Waals surface area contributed by atoms with Crippen molar-refractivity contribution >= 4 is 5.65 Å². The molecule has 0 amide bonds. The molecule has 3 aromatic rings. The number of nitrogens with one attached hydrogen (secondary N) is 2. The van der Waals surface area contributed by atoms with E-state index in [1.54, 1.807) is 6.20 Å². The Bertz CT molecular complexity index is 627. The lowest BCUT2D eigenvalue weighted by Crippen LogP contribution is -2.20. The van der Waals surface area contributed by atoms with Gasteiger partial charge in [0.15, 0.2) is 11.5 Å². The van der Waals surface area contributed by atoms with E-state index in [1.807, 2.05) is 34.9 Å². The van der Waals surface area contributed by atoms with Crippen LogP contribution < -0.4 is 5.32 Å². The zero-order valence-corrected chi connectivity index (χ0v) is 10.0. The van der Waals surface area contributed by atoms with Crippen LogP contribution in [0.15, 0.2) is 36.7 Å². The monoisotopic (exact) mass is 242 g/mol. The van der Waals surface area contributed by atoms with Crippen molar-refractivity contribution in [2.45, 2.75) is 19.5 Å². The van der Waals surface area contributed by atoms with Gasteiger partial charge in [0.05, 0.1) is 6.04 Å². The Balaban J connectivity index is 1.77. The Labute approximate surface area is 104 Å². The zero-order valence-electron chi connectivity index (χ0n) is 10.0. The Kier molecular flexibility index (Phi) is 2.77. The highest BCUT2D eigenvalue weighted by Gasteiger charge is 2.12. The van der Waals surface area contributed by atoms with Gasteiger partial charge in [-0.3, -0.25) is 9.50 Å². The maximum absolute atomic E-state index is 4.22. The fraction of sp³-hybridized carbons (Fsp3) is 0.250. The van der Waals surface area contributed by atoms with Gasteiger partial charge in [-0.05, 0) is 25.1 Å². The molecule has 0 saturated heterocycles. The number of nitrogens with zero attached hydrogens (tertiary/aromatic N) is 4. The molecule has 0 aliphatic carbocycles. The van der Waals surface area contributed by atoms with Crippen molar-refractivity contribution < 1.29 is 0 Å². The van der Waals surface area contributed by atoms with Gasteiger partial charge in [0.25, 0.3) is 0 Å². The fourth-order valence-electron chi connectivity index (χ4n) is 1.89. The normalized spacial score (nSPS) is 12.9. The first-order valence-corrected chi connectivity index (χ1v) is 5.86. The summed E-state index contributed by atoms with van der Waals surface area (Å²) in [7, 11) is 0. The average Bonchev–Trinajstić information content (AvgIpc) is 3.05. The summed E-state index contributed by atoms with van der Waals surface area (Å²) in [5, 5.41) is 18.6. The van der Waals surface area contributed by atoms with Crippen molar-refractivity contribution in [2.24, 2.45) is 0 Å². The average molecular weight is 242 g/mol. The summed E-state index contributed by atoms with van der Waals surface area (Å²) in [6.07, 6.45) is 3.72. The van der Waals surface area contributed by atoms with Crippen molar-refractivity contribution in [3.05, 3.63) is 48.2 Å². The van der Waals surface area contributed by atoms with Crippen molar-refractivity contribution in [1.29, 1.82) is 0 Å². The highest BCUT2D eigenvalue weighted by Crippen LogP contribution is 2.12. The Morgan fingerprint density at radius 3 is 3.11 bits per heavy atom. The van der Waals surface area contributed by atoms with Crippen LogP contribution in [-0.4, -0.2) is 24.8 Å². The third kappa shape index (κ3) is 1.98. The van der Waals surface area contributed by atoms with Gasteiger partial charge in [0.2, 0.25) is 0 Å². The summed E-state index contributed by atoms with van der Waals surface area (Å²) >= 11 is 0. The minimum atomic E-state index is 0.116. The molecule has 0 saturated carbocycles. The van der Waals surface area contributed by atoms with Gasteiger partial charge < -0.3 is 5.32 Å². The van der Waals surface area contributed by atoms with Gasteiger partial charge in [0, 0.05) is 24.6 Å². The van der Waals surface area contributed by atoms with Gasteiger partial charge >= 0.3 is 0 Å². The molecule has 6 nitrogen and oxygen atoms in total. The van der Waals surface area contributed by atoms with Crippen LogP contribution in [0.4, 0.5) is 0 Å². The van der Waals surface area contributed by atoms with Crippen LogP contribution in [0.1, 0.15) is 24.5 Å². The van der Waals surface area contributed by atoms with Crippen LogP contribution in [0.2, 0.25) is 0 Å². The molecule has 0 radical (unpaired) electrons. The van der Waals surface area contributed by atoms with E-state index in [4.69, 9.17) is 0 Å². The summed E-state index contributed by atoms with van der Waals surface area (Å²) < 4.78 is 1.99. The lowest BCUT2D eigenvalue weighted by Gasteiger charge is -2.11. The number of pyridine rings is 1. The molecule has 1 atom stereocenters. The first kappa shape index (κ1) is 10.9. The molecule has 1 unspecified atom stereocenters. The van der Waals surface area contributed by atoms with E-state index in [1.165, 1.54) is 0 Å². The van der Waals surface area contributed by atoms with Gasteiger partial charge in [-0.15, -0.1) is 10.2 Å². The molecular weight excluding hydrogens is 228 g/mol. The number of hydrogen-bond donors (Lipinski definition) is 2. The highest BCUT2D eigenvalue weighted by atomic mass is 15.3. The molecule has 0 aliphatic rings. The zero-order chi connectivity index (χ0) is 12.4. The third-order valence-electron chi connectivity index (χ3n) is 2.88. The standard InChI is InChI=1S/C12H14N6/c1-9(13-8-10-5-6-14-15-10)12-17-16-11-4-2-3-7-18(11)12/h2-7,9,13H,8H2,1H3,(H,14,15). The molecule has 2 N–H and O–H groups in total. The number of aromatic amines is 1. The van der Waals surface area contributed by atoms with Crippen LogP contribution in [-0.2, 0) is 6.54 Å².